The predicted molar refractivity (Wildman–Crippen MR) is 502 cm³/mol. The van der Waals surface area contributed by atoms with E-state index in [4.69, 9.17) is 10.5 Å². The summed E-state index contributed by atoms with van der Waals surface area (Å²) in [5, 5.41) is 52.0. The normalized spacial score (nSPS) is 30.8. The molecule has 5 aliphatic heterocycles. The molecule has 0 aromatic heterocycles. The zero-order valence-electron chi connectivity index (χ0n) is 77.2. The van der Waals surface area contributed by atoms with Gasteiger partial charge in [-0.15, -0.1) is 0 Å². The molecule has 708 valence electrons. The van der Waals surface area contributed by atoms with E-state index in [0.29, 0.717) is 91.5 Å². The smallest absolute Gasteiger partial charge is 0.407 e. The number of nitrogens with two attached hydrogens (primary N) is 1. The van der Waals surface area contributed by atoms with Crippen molar-refractivity contribution < 1.29 is 72.5 Å². The third kappa shape index (κ3) is 23.9. The van der Waals surface area contributed by atoms with Crippen LogP contribution in [-0.4, -0.2) is 226 Å². The van der Waals surface area contributed by atoms with Crippen LogP contribution in [0.5, 0.6) is 5.75 Å². The largest absolute Gasteiger partial charge is 0.508 e. The number of aliphatic hydroxyl groups is 1. The number of benzene rings is 3. The van der Waals surface area contributed by atoms with E-state index in [1.807, 2.05) is 73.8 Å². The number of alkyl carbamates (subject to hydrolysis) is 1. The number of amides is 12. The minimum Gasteiger partial charge on any atom is -0.508 e. The van der Waals surface area contributed by atoms with Crippen molar-refractivity contribution in [3.05, 3.63) is 126 Å². The standard InChI is InChI=1S/C99H140N14O15S2/c1-57(2)20-16-21-59(5)72-38-39-73-71-37-34-67-52-69(40-42-98(67,7)74(71)41-43-99(72,73)8)128-97(127)101-44-15-14-27-76-87(117)109-84(58(3)4)94(124)108-81(92(122)110-85(60(6)114)86(100)116)56-130-129-55-80(91(121)104-77(49-61-31-35-68(115)36-32-61)88(118)105-79(90(120)103-76)51-66-53-102-75-26-13-12-25-70(66)75)107-89(119)78(50-62-30-33-63-22-10-11-23-64(63)48-62)106-93(123)82-28-18-46-112(82)96(126)83-29-19-47-113(83)95(125)65-24-17-45-111(9)54-65/h10-13,22-23,25-26,30-36,48,53,57-60,65,69-85,102,114-115H,14-21,24,27-29,37-47,49-52,54-56H2,1-9H3,(H2,100,116)(H,101,127)(H,103,120)(H,104,121)(H,105,118)(H,106,123)(H,107,119)(H,108,124)(H,109,117)(H,110,122). The lowest BCUT2D eigenvalue weighted by molar-refractivity contribution is -0.149. The van der Waals surface area contributed by atoms with Gasteiger partial charge in [-0.05, 0) is 228 Å². The van der Waals surface area contributed by atoms with E-state index >= 15 is 33.6 Å². The van der Waals surface area contributed by atoms with Gasteiger partial charge in [-0.25, -0.2) is 4.79 Å². The highest BCUT2D eigenvalue weighted by atomic mass is 33.1. The Morgan fingerprint density at radius 3 is 2.08 bits per heavy atom. The number of phenols is 1. The van der Waals surface area contributed by atoms with Crippen molar-refractivity contribution in [2.24, 2.45) is 69.8 Å². The van der Waals surface area contributed by atoms with Gasteiger partial charge in [0.05, 0.1) is 18.1 Å². The molecule has 3 aromatic carbocycles. The molecule has 5 aliphatic carbocycles. The summed E-state index contributed by atoms with van der Waals surface area (Å²) in [5.41, 5.74) is 9.28. The Bertz CT molecular complexity index is 4720. The molecule has 10 aliphatic rings. The molecule has 4 saturated heterocycles. The van der Waals surface area contributed by atoms with Gasteiger partial charge in [0.25, 0.3) is 0 Å². The van der Waals surface area contributed by atoms with Crippen LogP contribution >= 0.6 is 21.6 Å². The summed E-state index contributed by atoms with van der Waals surface area (Å²) in [4.78, 5) is 184. The van der Waals surface area contributed by atoms with Crippen LogP contribution < -0.4 is 58.9 Å². The maximum absolute atomic E-state index is 15.8. The fourth-order valence-electron chi connectivity index (χ4n) is 22.9. The van der Waals surface area contributed by atoms with Crippen LogP contribution in [0.25, 0.3) is 10.8 Å². The molecular weight excluding hydrogens is 1690 g/mol. The van der Waals surface area contributed by atoms with E-state index in [1.54, 1.807) is 37.1 Å². The Balaban J connectivity index is 0.757. The van der Waals surface area contributed by atoms with Crippen molar-refractivity contribution in [2.75, 3.05) is 51.3 Å². The quantitative estimate of drug-likeness (QED) is 0.0183. The molecule has 31 heteroatoms. The molecule has 0 bridgehead atoms. The molecule has 14 N–H and O–H groups in total. The van der Waals surface area contributed by atoms with Crippen LogP contribution in [0.3, 0.4) is 0 Å². The highest BCUT2D eigenvalue weighted by Gasteiger charge is 2.60. The SMILES string of the molecule is CC(C)CCCC(C)C1CCC2C3CC=C4CC(OC(=O)NCCCCC5NC(=O)C(CC6=CNC7C=CC=CC67)NC(=O)C(Cc6ccc(O)cc6)NC(=O)C(NC(=O)C(Cc6ccc7ccccc7c6)NC(=O)C6CCCN6C(=O)C6CCCN6C(=O)C6CCCN(C)C6)CSSCC(C(=O)NC(C(N)=O)C(C)O)NC(=O)C(C(C)C)NC5=O)CCC4(C)C3CCC12C. The van der Waals surface area contributed by atoms with E-state index in [-0.39, 0.29) is 110 Å². The minimum absolute atomic E-state index is 0.0446. The van der Waals surface area contributed by atoms with Crippen LogP contribution in [0.4, 0.5) is 4.79 Å². The summed E-state index contributed by atoms with van der Waals surface area (Å²) >= 11 is 0. The molecule has 3 aromatic rings. The molecule has 3 saturated carbocycles. The van der Waals surface area contributed by atoms with Crippen molar-refractivity contribution in [1.82, 2.24) is 67.9 Å². The highest BCUT2D eigenvalue weighted by molar-refractivity contribution is 8.76. The van der Waals surface area contributed by atoms with E-state index in [0.717, 1.165) is 82.3 Å². The van der Waals surface area contributed by atoms with Gasteiger partial charge >= 0.3 is 6.09 Å². The lowest BCUT2D eigenvalue weighted by Gasteiger charge is -2.58. The number of likely N-dealkylation sites (tertiary alicyclic amines) is 3. The number of primary amides is 1. The second-order valence-corrected chi connectivity index (χ2v) is 42.5. The molecule has 130 heavy (non-hydrogen) atoms. The third-order valence-corrected chi connectivity index (χ3v) is 32.6. The summed E-state index contributed by atoms with van der Waals surface area (Å²) in [6.45, 7) is 19.0. The predicted octanol–water partition coefficient (Wildman–Crippen LogP) is 8.74. The molecule has 22 atom stereocenters. The Morgan fingerprint density at radius 2 is 1.35 bits per heavy atom. The highest BCUT2D eigenvalue weighted by Crippen LogP contribution is 2.67. The molecule has 13 rings (SSSR count). The molecule has 29 nitrogen and oxygen atoms in total. The van der Waals surface area contributed by atoms with Gasteiger partial charge in [-0.3, -0.25) is 52.7 Å². The van der Waals surface area contributed by atoms with Crippen molar-refractivity contribution in [1.29, 1.82) is 0 Å². The van der Waals surface area contributed by atoms with Crippen LogP contribution in [0, 0.1) is 64.1 Å². The van der Waals surface area contributed by atoms with Crippen molar-refractivity contribution in [2.45, 2.75) is 282 Å². The lowest BCUT2D eigenvalue weighted by atomic mass is 9.47. The number of nitrogens with one attached hydrogen (secondary N) is 10. The number of piperidine rings is 1. The maximum atomic E-state index is 15.8. The number of carbonyl (C=O) groups excluding carboxylic acids is 12. The van der Waals surface area contributed by atoms with E-state index < -0.39 is 132 Å². The Morgan fingerprint density at radius 1 is 0.662 bits per heavy atom. The van der Waals surface area contributed by atoms with Crippen molar-refractivity contribution in [3.63, 3.8) is 0 Å². The molecule has 0 radical (unpaired) electrons. The van der Waals surface area contributed by atoms with Crippen LogP contribution in [0.2, 0.25) is 0 Å². The van der Waals surface area contributed by atoms with Crippen molar-refractivity contribution in [3.8, 4) is 5.75 Å². The number of hydrogen-bond donors (Lipinski definition) is 13. The minimum atomic E-state index is -1.64. The average molecular weight is 1830 g/mol. The van der Waals surface area contributed by atoms with Crippen LogP contribution in [0.1, 0.15) is 201 Å². The van der Waals surface area contributed by atoms with E-state index in [9.17, 15) is 34.2 Å². The van der Waals surface area contributed by atoms with Crippen LogP contribution in [0.15, 0.2) is 114 Å². The molecule has 5 heterocycles. The first kappa shape index (κ1) is 98.1. The summed E-state index contributed by atoms with van der Waals surface area (Å²) in [6.07, 6.45) is 25.2. The summed E-state index contributed by atoms with van der Waals surface area (Å²) < 4.78 is 6.21. The fraction of sp³-hybridized carbons (Fsp3) is 0.636. The van der Waals surface area contributed by atoms with Gasteiger partial charge in [0, 0.05) is 62.9 Å². The second-order valence-electron chi connectivity index (χ2n) is 39.9. The number of aromatic hydroxyl groups is 1. The number of hydrogen-bond acceptors (Lipinski definition) is 19. The summed E-state index contributed by atoms with van der Waals surface area (Å²) in [6, 6.07) is 4.91. The third-order valence-electron chi connectivity index (χ3n) is 30.1. The first-order chi connectivity index (χ1) is 62.2. The summed E-state index contributed by atoms with van der Waals surface area (Å²) in [7, 11) is 3.90. The average Bonchev–Trinajstić information content (AvgIpc) is 1.46. The fourth-order valence-corrected chi connectivity index (χ4v) is 25.2. The van der Waals surface area contributed by atoms with Gasteiger partial charge < -0.3 is 88.6 Å². The van der Waals surface area contributed by atoms with E-state index in [1.165, 1.54) is 74.5 Å². The summed E-state index contributed by atoms with van der Waals surface area (Å²) in [5.74, 6) is -6.14. The molecular formula is C99H140N14O15S2. The zero-order chi connectivity index (χ0) is 92.8. The second kappa shape index (κ2) is 44.4. The number of phenolic OH excluding ortho intramolecular Hbond substituents is 1. The van der Waals surface area contributed by atoms with E-state index in [2.05, 4.69) is 98.8 Å². The monoisotopic (exact) mass is 1830 g/mol. The number of carbonyl (C=O) groups is 12. The maximum Gasteiger partial charge on any atom is 0.407 e. The topological polar surface area (TPSA) is 411 Å². The number of nitrogens with zero attached hydrogens (tertiary/aromatic N) is 3. The van der Waals surface area contributed by atoms with Gasteiger partial charge in [0.1, 0.15) is 72.3 Å². The first-order valence-corrected chi connectivity index (χ1v) is 50.4. The zero-order valence-corrected chi connectivity index (χ0v) is 78.8. The van der Waals surface area contributed by atoms with Gasteiger partial charge in [0.2, 0.25) is 65.0 Å². The molecule has 7 fully saturated rings. The Kier molecular flexibility index (Phi) is 33.5. The number of ether oxygens (including phenoxy) is 1. The molecule has 0 spiro atoms. The number of allylic oxidation sites excluding steroid dienone is 3. The van der Waals surface area contributed by atoms with Gasteiger partial charge in [-0.1, -0.05) is 180 Å². The number of rotatable bonds is 28. The lowest BCUT2D eigenvalue weighted by Crippen LogP contribution is -2.62. The van der Waals surface area contributed by atoms with Gasteiger partial charge in [0.15, 0.2) is 0 Å². The Labute approximate surface area is 773 Å². The van der Waals surface area contributed by atoms with Gasteiger partial charge in [-0.2, -0.15) is 0 Å². The molecule has 22 unspecified atom stereocenters. The number of unbranched alkanes of at least 4 members (excludes halogenated alkanes) is 1. The first-order valence-electron chi connectivity index (χ1n) is 47.9. The number of aliphatic hydroxyl groups excluding tert-OH is 1. The molecule has 12 amide bonds. The van der Waals surface area contributed by atoms with Crippen LogP contribution in [-0.2, 0) is 70.3 Å². The van der Waals surface area contributed by atoms with Crippen molar-refractivity contribution >= 4 is 103 Å². The Hall–Kier alpha value is -9.46. The number of fused-ring (bicyclic) bond motifs is 7.